The highest BCUT2D eigenvalue weighted by atomic mass is 16.5. The number of hydrogen-bond acceptors (Lipinski definition) is 4. The number of carbonyl (C=O) groups excluding carboxylic acids is 1. The first-order chi connectivity index (χ1) is 8.74. The van der Waals surface area contributed by atoms with E-state index < -0.39 is 0 Å². The third-order valence-corrected chi connectivity index (χ3v) is 2.50. The number of nitrogens with zero attached hydrogens (tertiary/aromatic N) is 1. The van der Waals surface area contributed by atoms with Crippen molar-refractivity contribution in [3.05, 3.63) is 30.8 Å². The van der Waals surface area contributed by atoms with Gasteiger partial charge in [-0.25, -0.2) is 4.98 Å². The van der Waals surface area contributed by atoms with Crippen LogP contribution in [0.4, 0.5) is 5.69 Å². The number of aromatic nitrogens is 1. The summed E-state index contributed by atoms with van der Waals surface area (Å²) in [5, 5.41) is 2.77. The first-order valence-corrected chi connectivity index (χ1v) is 5.61. The highest BCUT2D eigenvalue weighted by molar-refractivity contribution is 5.91. The van der Waals surface area contributed by atoms with Crippen LogP contribution in [0, 0.1) is 0 Å². The Morgan fingerprint density at radius 2 is 2.33 bits per heavy atom. The van der Waals surface area contributed by atoms with Gasteiger partial charge in [0.1, 0.15) is 5.75 Å². The molecule has 0 aliphatic carbocycles. The summed E-state index contributed by atoms with van der Waals surface area (Å²) < 4.78 is 10.5. The summed E-state index contributed by atoms with van der Waals surface area (Å²) in [4.78, 5) is 15.2. The summed E-state index contributed by atoms with van der Waals surface area (Å²) >= 11 is 0. The van der Waals surface area contributed by atoms with Crippen LogP contribution in [0.15, 0.2) is 35.2 Å². The zero-order valence-electron chi connectivity index (χ0n) is 10.3. The minimum Gasteiger partial charge on any atom is -0.496 e. The molecule has 1 heterocycles. The Balaban J connectivity index is 2.32. The Bertz CT molecular complexity index is 535. The van der Waals surface area contributed by atoms with Crippen molar-refractivity contribution >= 4 is 11.6 Å². The molecule has 1 aromatic heterocycles. The van der Waals surface area contributed by atoms with Gasteiger partial charge in [0.15, 0.2) is 12.2 Å². The van der Waals surface area contributed by atoms with E-state index in [0.717, 1.165) is 5.56 Å². The van der Waals surface area contributed by atoms with Gasteiger partial charge in [0.25, 0.3) is 0 Å². The number of ether oxygens (including phenoxy) is 1. The second-order valence-corrected chi connectivity index (χ2v) is 3.68. The van der Waals surface area contributed by atoms with Gasteiger partial charge in [0, 0.05) is 18.2 Å². The van der Waals surface area contributed by atoms with Gasteiger partial charge in [-0.1, -0.05) is 6.92 Å². The molecule has 0 unspecified atom stereocenters. The van der Waals surface area contributed by atoms with Crippen molar-refractivity contribution < 1.29 is 13.9 Å². The predicted octanol–water partition coefficient (Wildman–Crippen LogP) is 2.70. The van der Waals surface area contributed by atoms with Gasteiger partial charge < -0.3 is 14.5 Å². The number of carbonyl (C=O) groups is 1. The Morgan fingerprint density at radius 3 is 2.94 bits per heavy atom. The number of amides is 1. The molecule has 0 aliphatic heterocycles. The smallest absolute Gasteiger partial charge is 0.224 e. The number of nitrogens with one attached hydrogen (secondary N) is 1. The highest BCUT2D eigenvalue weighted by Gasteiger charge is 2.10. The first kappa shape index (κ1) is 12.2. The number of rotatable bonds is 4. The highest BCUT2D eigenvalue weighted by Crippen LogP contribution is 2.32. The lowest BCUT2D eigenvalue weighted by Gasteiger charge is -2.09. The molecule has 0 saturated carbocycles. The van der Waals surface area contributed by atoms with Crippen molar-refractivity contribution in [1.82, 2.24) is 4.98 Å². The van der Waals surface area contributed by atoms with E-state index in [1.54, 1.807) is 32.4 Å². The molecule has 1 N–H and O–H groups in total. The van der Waals surface area contributed by atoms with Crippen LogP contribution in [0.25, 0.3) is 11.3 Å². The fourth-order valence-electron chi connectivity index (χ4n) is 1.57. The van der Waals surface area contributed by atoms with Gasteiger partial charge in [-0.3, -0.25) is 4.79 Å². The van der Waals surface area contributed by atoms with Crippen molar-refractivity contribution in [2.24, 2.45) is 0 Å². The second kappa shape index (κ2) is 5.35. The summed E-state index contributed by atoms with van der Waals surface area (Å²) in [6.45, 7) is 1.80. The van der Waals surface area contributed by atoms with Gasteiger partial charge >= 0.3 is 0 Å². The van der Waals surface area contributed by atoms with Crippen molar-refractivity contribution in [3.8, 4) is 17.1 Å². The largest absolute Gasteiger partial charge is 0.496 e. The fraction of sp³-hybridized carbons (Fsp3) is 0.231. The van der Waals surface area contributed by atoms with E-state index >= 15 is 0 Å². The number of methoxy groups -OCH3 is 1. The number of hydrogen-bond donors (Lipinski definition) is 1. The van der Waals surface area contributed by atoms with Crippen LogP contribution in [-0.2, 0) is 4.79 Å². The molecule has 0 atom stereocenters. The van der Waals surface area contributed by atoms with Crippen LogP contribution in [0.5, 0.6) is 5.75 Å². The van der Waals surface area contributed by atoms with E-state index in [0.29, 0.717) is 23.6 Å². The lowest BCUT2D eigenvalue weighted by Crippen LogP contribution is -2.09. The SMILES string of the molecule is CCC(=O)Nc1ccc(-c2cnco2)c(OC)c1. The fourth-order valence-corrected chi connectivity index (χ4v) is 1.57. The molecule has 5 nitrogen and oxygen atoms in total. The molecule has 94 valence electrons. The Kier molecular flexibility index (Phi) is 3.62. The molecule has 0 spiro atoms. The molecular weight excluding hydrogens is 232 g/mol. The topological polar surface area (TPSA) is 64.4 Å². The maximum atomic E-state index is 11.3. The first-order valence-electron chi connectivity index (χ1n) is 5.61. The molecular formula is C13H14N2O3. The van der Waals surface area contributed by atoms with Crippen LogP contribution < -0.4 is 10.1 Å². The predicted molar refractivity (Wildman–Crippen MR) is 67.4 cm³/mol. The lowest BCUT2D eigenvalue weighted by molar-refractivity contribution is -0.115. The standard InChI is InChI=1S/C13H14N2O3/c1-3-13(16)15-9-4-5-10(11(6-9)17-2)12-7-14-8-18-12/h4-8H,3H2,1-2H3,(H,15,16). The minimum absolute atomic E-state index is 0.0375. The molecule has 1 amide bonds. The van der Waals surface area contributed by atoms with Gasteiger partial charge in [0.05, 0.1) is 18.9 Å². The van der Waals surface area contributed by atoms with E-state index in [9.17, 15) is 4.79 Å². The van der Waals surface area contributed by atoms with Crippen LogP contribution >= 0.6 is 0 Å². The number of anilines is 1. The summed E-state index contributed by atoms with van der Waals surface area (Å²) in [6.07, 6.45) is 3.41. The van der Waals surface area contributed by atoms with Crippen molar-refractivity contribution in [3.63, 3.8) is 0 Å². The van der Waals surface area contributed by atoms with E-state index in [1.807, 2.05) is 6.07 Å². The average molecular weight is 246 g/mol. The molecule has 18 heavy (non-hydrogen) atoms. The van der Waals surface area contributed by atoms with E-state index in [2.05, 4.69) is 10.3 Å². The Hall–Kier alpha value is -2.30. The number of benzene rings is 1. The molecule has 2 aromatic rings. The van der Waals surface area contributed by atoms with Crippen LogP contribution in [0.2, 0.25) is 0 Å². The normalized spacial score (nSPS) is 10.1. The van der Waals surface area contributed by atoms with E-state index in [4.69, 9.17) is 9.15 Å². The summed E-state index contributed by atoms with van der Waals surface area (Å²) in [6, 6.07) is 5.38. The van der Waals surface area contributed by atoms with Crippen LogP contribution in [0.1, 0.15) is 13.3 Å². The maximum absolute atomic E-state index is 11.3. The summed E-state index contributed by atoms with van der Waals surface area (Å²) in [5.41, 5.74) is 1.49. The van der Waals surface area contributed by atoms with Crippen molar-refractivity contribution in [2.45, 2.75) is 13.3 Å². The monoisotopic (exact) mass is 246 g/mol. The Labute approximate surface area is 105 Å². The number of oxazole rings is 1. The third-order valence-electron chi connectivity index (χ3n) is 2.50. The molecule has 0 fully saturated rings. The van der Waals surface area contributed by atoms with Crippen LogP contribution in [-0.4, -0.2) is 18.0 Å². The molecule has 0 saturated heterocycles. The van der Waals surface area contributed by atoms with Crippen LogP contribution in [0.3, 0.4) is 0 Å². The van der Waals surface area contributed by atoms with Crippen molar-refractivity contribution in [2.75, 3.05) is 12.4 Å². The molecule has 2 rings (SSSR count). The molecule has 0 radical (unpaired) electrons. The molecule has 0 bridgehead atoms. The van der Waals surface area contributed by atoms with Gasteiger partial charge in [0.2, 0.25) is 5.91 Å². The quantitative estimate of drug-likeness (QED) is 0.900. The molecule has 1 aromatic carbocycles. The van der Waals surface area contributed by atoms with Gasteiger partial charge in [-0.05, 0) is 12.1 Å². The van der Waals surface area contributed by atoms with E-state index in [-0.39, 0.29) is 5.91 Å². The second-order valence-electron chi connectivity index (χ2n) is 3.68. The summed E-state index contributed by atoms with van der Waals surface area (Å²) in [7, 11) is 1.57. The zero-order chi connectivity index (χ0) is 13.0. The molecule has 5 heteroatoms. The minimum atomic E-state index is -0.0375. The third kappa shape index (κ3) is 2.51. The lowest BCUT2D eigenvalue weighted by atomic mass is 10.1. The average Bonchev–Trinajstić information content (AvgIpc) is 2.92. The van der Waals surface area contributed by atoms with E-state index in [1.165, 1.54) is 6.39 Å². The summed E-state index contributed by atoms with van der Waals surface area (Å²) in [5.74, 6) is 1.21. The van der Waals surface area contributed by atoms with Crippen molar-refractivity contribution in [1.29, 1.82) is 0 Å². The molecule has 0 aliphatic rings. The van der Waals surface area contributed by atoms with Gasteiger partial charge in [-0.15, -0.1) is 0 Å². The zero-order valence-corrected chi connectivity index (χ0v) is 10.3. The maximum Gasteiger partial charge on any atom is 0.224 e. The van der Waals surface area contributed by atoms with Gasteiger partial charge in [-0.2, -0.15) is 0 Å². The Morgan fingerprint density at radius 1 is 1.50 bits per heavy atom.